The Morgan fingerprint density at radius 1 is 1.73 bits per heavy atom. The maximum Gasteiger partial charge on any atom is 0.108 e. The Morgan fingerprint density at radius 2 is 2.60 bits per heavy atom. The van der Waals surface area contributed by atoms with Gasteiger partial charge in [0.1, 0.15) is 5.01 Å². The van der Waals surface area contributed by atoms with E-state index >= 15 is 0 Å². The molecule has 0 bridgehead atoms. The number of nitrogens with zero attached hydrogens (tertiary/aromatic N) is 2. The number of nitrogens with one attached hydrogen (secondary N) is 1. The second-order valence-electron chi connectivity index (χ2n) is 3.88. The van der Waals surface area contributed by atoms with Crippen molar-refractivity contribution < 1.29 is 0 Å². The van der Waals surface area contributed by atoms with Crippen LogP contribution in [0.25, 0.3) is 0 Å². The van der Waals surface area contributed by atoms with E-state index in [9.17, 15) is 0 Å². The third-order valence-corrected chi connectivity index (χ3v) is 4.26. The van der Waals surface area contributed by atoms with Crippen molar-refractivity contribution in [2.75, 3.05) is 20.1 Å². The van der Waals surface area contributed by atoms with Crippen LogP contribution in [-0.4, -0.2) is 36.1 Å². The van der Waals surface area contributed by atoms with Gasteiger partial charge in [-0.2, -0.15) is 0 Å². The number of hydrogen-bond acceptors (Lipinski definition) is 4. The molecule has 1 aromatic rings. The highest BCUT2D eigenvalue weighted by atomic mass is 79.9. The highest BCUT2D eigenvalue weighted by molar-refractivity contribution is 9.11. The molecule has 2 rings (SSSR count). The first-order valence-corrected chi connectivity index (χ1v) is 6.89. The molecule has 0 amide bonds. The molecular formula is C10H16BrN3S. The molecule has 5 heteroatoms. The maximum absolute atomic E-state index is 4.38. The van der Waals surface area contributed by atoms with Crippen LogP contribution in [0.4, 0.5) is 0 Å². The SMILES string of the molecule is CNCC1CCCN1Cc1ncc(Br)s1. The lowest BCUT2D eigenvalue weighted by Gasteiger charge is -2.22. The zero-order valence-electron chi connectivity index (χ0n) is 8.87. The summed E-state index contributed by atoms with van der Waals surface area (Å²) in [5.74, 6) is 0. The first kappa shape index (κ1) is 11.5. The van der Waals surface area contributed by atoms with Crippen LogP contribution in [0.2, 0.25) is 0 Å². The topological polar surface area (TPSA) is 28.2 Å². The van der Waals surface area contributed by atoms with Gasteiger partial charge >= 0.3 is 0 Å². The molecule has 0 saturated carbocycles. The third-order valence-electron chi connectivity index (χ3n) is 2.80. The van der Waals surface area contributed by atoms with E-state index in [0.29, 0.717) is 6.04 Å². The minimum absolute atomic E-state index is 0.692. The Balaban J connectivity index is 1.93. The van der Waals surface area contributed by atoms with Crippen molar-refractivity contribution >= 4 is 27.3 Å². The van der Waals surface area contributed by atoms with E-state index in [1.54, 1.807) is 11.3 Å². The third kappa shape index (κ3) is 3.00. The number of thiazole rings is 1. The molecule has 15 heavy (non-hydrogen) atoms. The van der Waals surface area contributed by atoms with E-state index < -0.39 is 0 Å². The van der Waals surface area contributed by atoms with Crippen LogP contribution in [0.1, 0.15) is 17.8 Å². The fourth-order valence-corrected chi connectivity index (χ4v) is 3.43. The average Bonchev–Trinajstić information content (AvgIpc) is 2.78. The van der Waals surface area contributed by atoms with E-state index in [2.05, 4.69) is 31.1 Å². The first-order chi connectivity index (χ1) is 7.29. The molecule has 1 aliphatic rings. The summed E-state index contributed by atoms with van der Waals surface area (Å²) in [5.41, 5.74) is 0. The molecule has 84 valence electrons. The quantitative estimate of drug-likeness (QED) is 0.920. The minimum atomic E-state index is 0.692. The molecule has 0 aromatic carbocycles. The zero-order valence-corrected chi connectivity index (χ0v) is 11.3. The fraction of sp³-hybridized carbons (Fsp3) is 0.700. The molecule has 1 atom stereocenters. The number of aromatic nitrogens is 1. The van der Waals surface area contributed by atoms with Crippen LogP contribution in [0.5, 0.6) is 0 Å². The Bertz CT molecular complexity index is 315. The van der Waals surface area contributed by atoms with Gasteiger partial charge in [0.25, 0.3) is 0 Å². The second-order valence-corrected chi connectivity index (χ2v) is 6.38. The van der Waals surface area contributed by atoms with Gasteiger partial charge in [-0.05, 0) is 42.4 Å². The lowest BCUT2D eigenvalue weighted by molar-refractivity contribution is 0.242. The highest BCUT2D eigenvalue weighted by Gasteiger charge is 2.24. The van der Waals surface area contributed by atoms with Crippen molar-refractivity contribution in [2.45, 2.75) is 25.4 Å². The molecule has 1 aromatic heterocycles. The van der Waals surface area contributed by atoms with E-state index in [4.69, 9.17) is 0 Å². The molecule has 0 radical (unpaired) electrons. The van der Waals surface area contributed by atoms with Crippen LogP contribution in [0.3, 0.4) is 0 Å². The van der Waals surface area contributed by atoms with Gasteiger partial charge in [0.05, 0.1) is 16.5 Å². The monoisotopic (exact) mass is 289 g/mol. The van der Waals surface area contributed by atoms with Gasteiger partial charge in [-0.1, -0.05) is 0 Å². The van der Waals surface area contributed by atoms with E-state index in [0.717, 1.165) is 16.9 Å². The van der Waals surface area contributed by atoms with E-state index in [1.165, 1.54) is 24.4 Å². The van der Waals surface area contributed by atoms with Crippen LogP contribution in [0, 0.1) is 0 Å². The summed E-state index contributed by atoms with van der Waals surface area (Å²) >= 11 is 5.19. The van der Waals surface area contributed by atoms with Gasteiger partial charge in [0.15, 0.2) is 0 Å². The smallest absolute Gasteiger partial charge is 0.108 e. The van der Waals surface area contributed by atoms with Crippen LogP contribution in [-0.2, 0) is 6.54 Å². The molecular weight excluding hydrogens is 274 g/mol. The normalized spacial score (nSPS) is 22.4. The summed E-state index contributed by atoms with van der Waals surface area (Å²) in [5, 5.41) is 4.48. The van der Waals surface area contributed by atoms with Crippen molar-refractivity contribution in [3.8, 4) is 0 Å². The Morgan fingerprint density at radius 3 is 3.27 bits per heavy atom. The van der Waals surface area contributed by atoms with E-state index in [1.807, 2.05) is 13.2 Å². The number of rotatable bonds is 4. The van der Waals surface area contributed by atoms with Gasteiger partial charge < -0.3 is 5.32 Å². The Hall–Kier alpha value is 0.0300. The lowest BCUT2D eigenvalue weighted by atomic mass is 10.2. The van der Waals surface area contributed by atoms with Gasteiger partial charge in [0.2, 0.25) is 0 Å². The Kier molecular flexibility index (Phi) is 4.13. The molecule has 0 aliphatic carbocycles. The van der Waals surface area contributed by atoms with Gasteiger partial charge in [0, 0.05) is 12.6 Å². The predicted octanol–water partition coefficient (Wildman–Crippen LogP) is 2.09. The minimum Gasteiger partial charge on any atom is -0.318 e. The Labute approximate surface area is 103 Å². The summed E-state index contributed by atoms with van der Waals surface area (Å²) in [7, 11) is 2.02. The van der Waals surface area contributed by atoms with Crippen LogP contribution in [0.15, 0.2) is 9.98 Å². The van der Waals surface area contributed by atoms with Crippen molar-refractivity contribution in [1.82, 2.24) is 15.2 Å². The molecule has 0 spiro atoms. The van der Waals surface area contributed by atoms with Crippen LogP contribution >= 0.6 is 27.3 Å². The number of hydrogen-bond donors (Lipinski definition) is 1. The molecule has 1 saturated heterocycles. The molecule has 1 unspecified atom stereocenters. The number of likely N-dealkylation sites (tertiary alicyclic amines) is 1. The molecule has 1 aliphatic heterocycles. The maximum atomic E-state index is 4.38. The largest absolute Gasteiger partial charge is 0.318 e. The zero-order chi connectivity index (χ0) is 10.7. The summed E-state index contributed by atoms with van der Waals surface area (Å²) in [6.07, 6.45) is 4.52. The van der Waals surface area contributed by atoms with E-state index in [-0.39, 0.29) is 0 Å². The van der Waals surface area contributed by atoms with Crippen molar-refractivity contribution in [3.63, 3.8) is 0 Å². The molecule has 1 N–H and O–H groups in total. The van der Waals surface area contributed by atoms with Crippen molar-refractivity contribution in [1.29, 1.82) is 0 Å². The number of halogens is 1. The first-order valence-electron chi connectivity index (χ1n) is 5.28. The summed E-state index contributed by atoms with van der Waals surface area (Å²) in [4.78, 5) is 6.91. The standard InChI is InChI=1S/C10H16BrN3S/c1-12-5-8-3-2-4-14(8)7-10-13-6-9(11)15-10/h6,8,12H,2-5,7H2,1H3. The predicted molar refractivity (Wildman–Crippen MR) is 67.2 cm³/mol. The summed E-state index contributed by atoms with van der Waals surface area (Å²) in [6, 6.07) is 0.692. The summed E-state index contributed by atoms with van der Waals surface area (Å²) in [6.45, 7) is 3.30. The second kappa shape index (κ2) is 5.39. The molecule has 3 nitrogen and oxygen atoms in total. The highest BCUT2D eigenvalue weighted by Crippen LogP contribution is 2.24. The average molecular weight is 290 g/mol. The number of likely N-dealkylation sites (N-methyl/N-ethyl adjacent to an activating group) is 1. The fourth-order valence-electron chi connectivity index (χ4n) is 2.10. The lowest BCUT2D eigenvalue weighted by Crippen LogP contribution is -2.36. The van der Waals surface area contributed by atoms with Crippen molar-refractivity contribution in [2.24, 2.45) is 0 Å². The van der Waals surface area contributed by atoms with Gasteiger partial charge in [-0.25, -0.2) is 4.98 Å². The summed E-state index contributed by atoms with van der Waals surface area (Å²) < 4.78 is 1.13. The van der Waals surface area contributed by atoms with Gasteiger partial charge in [-0.15, -0.1) is 11.3 Å². The van der Waals surface area contributed by atoms with Gasteiger partial charge in [-0.3, -0.25) is 4.90 Å². The van der Waals surface area contributed by atoms with Crippen LogP contribution < -0.4 is 5.32 Å². The molecule has 2 heterocycles. The van der Waals surface area contributed by atoms with Crippen molar-refractivity contribution in [3.05, 3.63) is 15.0 Å². The molecule has 1 fully saturated rings.